The number of benzene rings is 1. The van der Waals surface area contributed by atoms with E-state index in [2.05, 4.69) is 4.98 Å². The summed E-state index contributed by atoms with van der Waals surface area (Å²) in [4.78, 5) is 28.5. The molecule has 3 rings (SSSR count). The SMILES string of the molecule is COC(c1nc2c(o1)-c1ccccc1C(=O)C2=O)C(C)C. The zero-order valence-electron chi connectivity index (χ0n) is 12.0. The van der Waals surface area contributed by atoms with E-state index in [1.54, 1.807) is 31.4 Å². The summed E-state index contributed by atoms with van der Waals surface area (Å²) >= 11 is 0. The first-order chi connectivity index (χ1) is 10.0. The Kier molecular flexibility index (Phi) is 3.22. The van der Waals surface area contributed by atoms with Crippen LogP contribution in [0.1, 0.15) is 46.7 Å². The largest absolute Gasteiger partial charge is 0.437 e. The molecule has 108 valence electrons. The third kappa shape index (κ3) is 2.01. The summed E-state index contributed by atoms with van der Waals surface area (Å²) in [7, 11) is 1.56. The van der Waals surface area contributed by atoms with E-state index in [0.29, 0.717) is 22.8 Å². The molecule has 0 N–H and O–H groups in total. The lowest BCUT2D eigenvalue weighted by Gasteiger charge is -2.14. The van der Waals surface area contributed by atoms with E-state index >= 15 is 0 Å². The molecule has 1 unspecified atom stereocenters. The molecule has 0 spiro atoms. The number of hydrogen-bond acceptors (Lipinski definition) is 5. The van der Waals surface area contributed by atoms with Crippen molar-refractivity contribution in [1.82, 2.24) is 4.98 Å². The standard InChI is InChI=1S/C16H15NO4/c1-8(2)14(20-3)16-17-11-13(19)12(18)9-6-4-5-7-10(9)15(11)21-16/h4-8,14H,1-3H3. The van der Waals surface area contributed by atoms with Crippen molar-refractivity contribution in [2.45, 2.75) is 20.0 Å². The van der Waals surface area contributed by atoms with Crippen molar-refractivity contribution in [1.29, 1.82) is 0 Å². The molecule has 5 nitrogen and oxygen atoms in total. The first-order valence-corrected chi connectivity index (χ1v) is 6.76. The molecule has 1 aliphatic carbocycles. The monoisotopic (exact) mass is 285 g/mol. The van der Waals surface area contributed by atoms with Crippen molar-refractivity contribution in [3.8, 4) is 11.3 Å². The fraction of sp³-hybridized carbons (Fsp3) is 0.312. The van der Waals surface area contributed by atoms with Crippen molar-refractivity contribution < 1.29 is 18.7 Å². The Morgan fingerprint density at radius 3 is 2.38 bits per heavy atom. The highest BCUT2D eigenvalue weighted by molar-refractivity contribution is 6.52. The van der Waals surface area contributed by atoms with Gasteiger partial charge in [-0.15, -0.1) is 0 Å². The Hall–Kier alpha value is -2.27. The number of ether oxygens (including phenoxy) is 1. The third-order valence-corrected chi connectivity index (χ3v) is 3.58. The average Bonchev–Trinajstić information content (AvgIpc) is 2.90. The van der Waals surface area contributed by atoms with Crippen LogP contribution in [0.2, 0.25) is 0 Å². The van der Waals surface area contributed by atoms with E-state index in [9.17, 15) is 9.59 Å². The smallest absolute Gasteiger partial charge is 0.255 e. The quantitative estimate of drug-likeness (QED) is 0.811. The number of hydrogen-bond donors (Lipinski definition) is 0. The van der Waals surface area contributed by atoms with Gasteiger partial charge in [0.2, 0.25) is 11.7 Å². The zero-order chi connectivity index (χ0) is 15.1. The van der Waals surface area contributed by atoms with Crippen LogP contribution in [0.25, 0.3) is 11.3 Å². The maximum absolute atomic E-state index is 12.2. The molecule has 5 heteroatoms. The molecule has 0 saturated carbocycles. The summed E-state index contributed by atoms with van der Waals surface area (Å²) in [6.45, 7) is 3.94. The van der Waals surface area contributed by atoms with E-state index in [-0.39, 0.29) is 17.7 Å². The van der Waals surface area contributed by atoms with Crippen LogP contribution >= 0.6 is 0 Å². The second-order valence-corrected chi connectivity index (χ2v) is 5.33. The van der Waals surface area contributed by atoms with Gasteiger partial charge in [-0.25, -0.2) is 4.98 Å². The van der Waals surface area contributed by atoms with Crippen molar-refractivity contribution in [2.24, 2.45) is 5.92 Å². The molecule has 0 bridgehead atoms. The van der Waals surface area contributed by atoms with E-state index in [4.69, 9.17) is 9.15 Å². The number of oxazole rings is 1. The van der Waals surface area contributed by atoms with Gasteiger partial charge in [0.25, 0.3) is 5.78 Å². The Morgan fingerprint density at radius 2 is 1.76 bits per heavy atom. The second-order valence-electron chi connectivity index (χ2n) is 5.33. The predicted molar refractivity (Wildman–Crippen MR) is 75.2 cm³/mol. The maximum atomic E-state index is 12.2. The molecular formula is C16H15NO4. The number of carbonyl (C=O) groups is 2. The van der Waals surface area contributed by atoms with Crippen molar-refractivity contribution in [2.75, 3.05) is 7.11 Å². The second kappa shape index (κ2) is 4.93. The molecule has 1 aliphatic rings. The molecule has 0 fully saturated rings. The van der Waals surface area contributed by atoms with Gasteiger partial charge in [0.1, 0.15) is 6.10 Å². The number of Topliss-reactive ketones (excluding diaryl/α,β-unsaturated/α-hetero) is 2. The number of carbonyl (C=O) groups excluding carboxylic acids is 2. The number of ketones is 2. The summed E-state index contributed by atoms with van der Waals surface area (Å²) in [5, 5.41) is 0. The lowest BCUT2D eigenvalue weighted by molar-refractivity contribution is 0.0430. The molecule has 1 aromatic heterocycles. The first-order valence-electron chi connectivity index (χ1n) is 6.76. The summed E-state index contributed by atoms with van der Waals surface area (Å²) in [5.41, 5.74) is 1.04. The van der Waals surface area contributed by atoms with Gasteiger partial charge in [-0.05, 0) is 5.92 Å². The number of rotatable bonds is 3. The summed E-state index contributed by atoms with van der Waals surface area (Å²) in [5.74, 6) is -0.354. The van der Waals surface area contributed by atoms with E-state index < -0.39 is 11.6 Å². The van der Waals surface area contributed by atoms with Crippen LogP contribution in [0.3, 0.4) is 0 Å². The molecular weight excluding hydrogens is 270 g/mol. The van der Waals surface area contributed by atoms with Gasteiger partial charge in [0.15, 0.2) is 11.5 Å². The molecule has 21 heavy (non-hydrogen) atoms. The lowest BCUT2D eigenvalue weighted by Crippen LogP contribution is -2.21. The van der Waals surface area contributed by atoms with Gasteiger partial charge >= 0.3 is 0 Å². The number of aromatic nitrogens is 1. The minimum Gasteiger partial charge on any atom is -0.437 e. The lowest BCUT2D eigenvalue weighted by atomic mass is 9.91. The van der Waals surface area contributed by atoms with Crippen LogP contribution in [0.15, 0.2) is 28.7 Å². The highest BCUT2D eigenvalue weighted by atomic mass is 16.5. The molecule has 0 radical (unpaired) electrons. The number of fused-ring (bicyclic) bond motifs is 3. The van der Waals surface area contributed by atoms with Crippen LogP contribution < -0.4 is 0 Å². The normalized spacial score (nSPS) is 15.0. The van der Waals surface area contributed by atoms with Crippen molar-refractivity contribution >= 4 is 11.6 Å². The fourth-order valence-corrected chi connectivity index (χ4v) is 2.56. The van der Waals surface area contributed by atoms with E-state index in [1.165, 1.54) is 0 Å². The molecule has 0 amide bonds. The molecule has 1 aromatic carbocycles. The van der Waals surface area contributed by atoms with Crippen LogP contribution in [0.4, 0.5) is 0 Å². The van der Waals surface area contributed by atoms with Gasteiger partial charge in [-0.3, -0.25) is 9.59 Å². The average molecular weight is 285 g/mol. The van der Waals surface area contributed by atoms with Crippen molar-refractivity contribution in [3.63, 3.8) is 0 Å². The Labute approximate surface area is 121 Å². The molecule has 1 heterocycles. The first kappa shape index (κ1) is 13.7. The van der Waals surface area contributed by atoms with Crippen LogP contribution in [-0.2, 0) is 4.74 Å². The van der Waals surface area contributed by atoms with Crippen LogP contribution in [0, 0.1) is 5.92 Å². The van der Waals surface area contributed by atoms with E-state index in [1.807, 2.05) is 13.8 Å². The van der Waals surface area contributed by atoms with Crippen molar-refractivity contribution in [3.05, 3.63) is 41.4 Å². The van der Waals surface area contributed by atoms with Gasteiger partial charge < -0.3 is 9.15 Å². The zero-order valence-corrected chi connectivity index (χ0v) is 12.0. The van der Waals surface area contributed by atoms with E-state index in [0.717, 1.165) is 0 Å². The predicted octanol–water partition coefficient (Wildman–Crippen LogP) is 3.06. The van der Waals surface area contributed by atoms with Gasteiger partial charge in [0, 0.05) is 18.2 Å². The van der Waals surface area contributed by atoms with Gasteiger partial charge in [-0.2, -0.15) is 0 Å². The molecule has 0 aliphatic heterocycles. The molecule has 1 atom stereocenters. The fourth-order valence-electron chi connectivity index (χ4n) is 2.56. The van der Waals surface area contributed by atoms with Gasteiger partial charge in [0.05, 0.1) is 0 Å². The molecule has 2 aromatic rings. The Morgan fingerprint density at radius 1 is 1.10 bits per heavy atom. The highest BCUT2D eigenvalue weighted by Crippen LogP contribution is 2.36. The Bertz CT molecular complexity index is 730. The van der Waals surface area contributed by atoms with Crippen LogP contribution in [-0.4, -0.2) is 23.7 Å². The Balaban J connectivity index is 2.19. The minimum atomic E-state index is -0.627. The van der Waals surface area contributed by atoms with Crippen LogP contribution in [0.5, 0.6) is 0 Å². The van der Waals surface area contributed by atoms with Gasteiger partial charge in [-0.1, -0.05) is 38.1 Å². The molecule has 0 saturated heterocycles. The third-order valence-electron chi connectivity index (χ3n) is 3.58. The number of nitrogens with zero attached hydrogens (tertiary/aromatic N) is 1. The highest BCUT2D eigenvalue weighted by Gasteiger charge is 2.36. The summed E-state index contributed by atoms with van der Waals surface area (Å²) in [6, 6.07) is 6.89. The minimum absolute atomic E-state index is 0.0800. The summed E-state index contributed by atoms with van der Waals surface area (Å²) in [6.07, 6.45) is -0.356. The summed E-state index contributed by atoms with van der Waals surface area (Å²) < 4.78 is 11.1. The topological polar surface area (TPSA) is 69.4 Å². The number of methoxy groups -OCH3 is 1. The maximum Gasteiger partial charge on any atom is 0.255 e.